The van der Waals surface area contributed by atoms with Crippen molar-refractivity contribution in [2.75, 3.05) is 7.11 Å². The molecule has 3 nitrogen and oxygen atoms in total. The normalized spacial score (nSPS) is 10.0. The molecule has 0 bridgehead atoms. The van der Waals surface area contributed by atoms with Crippen LogP contribution in [0, 0.1) is 0 Å². The van der Waals surface area contributed by atoms with Crippen LogP contribution in [0.25, 0.3) is 0 Å². The summed E-state index contributed by atoms with van der Waals surface area (Å²) < 4.78 is 5.37. The zero-order valence-electron chi connectivity index (χ0n) is 12.3. The summed E-state index contributed by atoms with van der Waals surface area (Å²) in [5.74, 6) is 0.708. The molecule has 108 valence electrons. The molecule has 0 aliphatic rings. The van der Waals surface area contributed by atoms with Gasteiger partial charge in [0.1, 0.15) is 11.4 Å². The molecule has 0 atom stereocenters. The van der Waals surface area contributed by atoms with E-state index in [9.17, 15) is 0 Å². The second kappa shape index (κ2) is 6.68. The molecule has 3 aromatic rings. The second-order valence-corrected chi connectivity index (χ2v) is 4.74. The number of hydrogen-bond donors (Lipinski definition) is 0. The van der Waals surface area contributed by atoms with Gasteiger partial charge in [-0.05, 0) is 0 Å². The van der Waals surface area contributed by atoms with Crippen LogP contribution in [0.5, 0.6) is 5.75 Å². The lowest BCUT2D eigenvalue weighted by Crippen LogP contribution is -2.02. The fourth-order valence-electron chi connectivity index (χ4n) is 2.24. The maximum absolute atomic E-state index is 5.37. The standard InChI is InChI=1S/C19H16N2O/c1-22-18-12-13-20-14-17(18)21-19(15-8-4-2-5-9-15)16-10-6-3-7-11-16/h2-14H,1H3. The second-order valence-electron chi connectivity index (χ2n) is 4.74. The maximum Gasteiger partial charge on any atom is 0.147 e. The molecule has 22 heavy (non-hydrogen) atoms. The molecule has 0 aliphatic carbocycles. The molecule has 0 N–H and O–H groups in total. The van der Waals surface area contributed by atoms with E-state index in [2.05, 4.69) is 29.2 Å². The minimum absolute atomic E-state index is 0.708. The Bertz CT molecular complexity index is 726. The van der Waals surface area contributed by atoms with Gasteiger partial charge in [0.2, 0.25) is 0 Å². The first-order chi connectivity index (χ1) is 10.9. The summed E-state index contributed by atoms with van der Waals surface area (Å²) in [4.78, 5) is 8.95. The topological polar surface area (TPSA) is 34.5 Å². The molecule has 0 spiro atoms. The minimum atomic E-state index is 0.708. The molecule has 3 rings (SSSR count). The third kappa shape index (κ3) is 3.04. The Kier molecular flexibility index (Phi) is 4.25. The maximum atomic E-state index is 5.37. The summed E-state index contributed by atoms with van der Waals surface area (Å²) in [5.41, 5.74) is 3.72. The monoisotopic (exact) mass is 288 g/mol. The first-order valence-electron chi connectivity index (χ1n) is 7.06. The number of rotatable bonds is 4. The smallest absolute Gasteiger partial charge is 0.147 e. The Labute approximate surface area is 130 Å². The highest BCUT2D eigenvalue weighted by Crippen LogP contribution is 2.27. The number of aliphatic imine (C=N–C) groups is 1. The average Bonchev–Trinajstić information content (AvgIpc) is 2.61. The van der Waals surface area contributed by atoms with E-state index in [1.807, 2.05) is 42.5 Å². The SMILES string of the molecule is COc1ccncc1N=C(c1ccccc1)c1ccccc1. The largest absolute Gasteiger partial charge is 0.494 e. The van der Waals surface area contributed by atoms with E-state index < -0.39 is 0 Å². The van der Waals surface area contributed by atoms with E-state index in [1.54, 1.807) is 19.5 Å². The molecule has 0 saturated heterocycles. The van der Waals surface area contributed by atoms with Gasteiger partial charge in [0.05, 0.1) is 19.0 Å². The highest BCUT2D eigenvalue weighted by Gasteiger charge is 2.09. The van der Waals surface area contributed by atoms with E-state index in [0.717, 1.165) is 16.8 Å². The number of pyridine rings is 1. The summed E-state index contributed by atoms with van der Waals surface area (Å²) in [6, 6.07) is 22.0. The lowest BCUT2D eigenvalue weighted by Gasteiger charge is -2.09. The molecule has 2 aromatic carbocycles. The predicted octanol–water partition coefficient (Wildman–Crippen LogP) is 4.26. The summed E-state index contributed by atoms with van der Waals surface area (Å²) in [7, 11) is 1.64. The van der Waals surface area contributed by atoms with E-state index >= 15 is 0 Å². The fourth-order valence-corrected chi connectivity index (χ4v) is 2.24. The number of aromatic nitrogens is 1. The summed E-state index contributed by atoms with van der Waals surface area (Å²) >= 11 is 0. The van der Waals surface area contributed by atoms with E-state index in [-0.39, 0.29) is 0 Å². The van der Waals surface area contributed by atoms with E-state index in [0.29, 0.717) is 11.4 Å². The Morgan fingerprint density at radius 1 is 0.864 bits per heavy atom. The minimum Gasteiger partial charge on any atom is -0.494 e. The van der Waals surface area contributed by atoms with Crippen molar-refractivity contribution in [1.82, 2.24) is 4.98 Å². The molecule has 0 unspecified atom stereocenters. The van der Waals surface area contributed by atoms with Crippen molar-refractivity contribution in [1.29, 1.82) is 0 Å². The highest BCUT2D eigenvalue weighted by molar-refractivity contribution is 6.14. The Morgan fingerprint density at radius 3 is 2.00 bits per heavy atom. The van der Waals surface area contributed by atoms with Crippen LogP contribution >= 0.6 is 0 Å². The van der Waals surface area contributed by atoms with Crippen LogP contribution in [0.15, 0.2) is 84.1 Å². The van der Waals surface area contributed by atoms with Crippen molar-refractivity contribution in [2.24, 2.45) is 4.99 Å². The van der Waals surface area contributed by atoms with Gasteiger partial charge in [-0.25, -0.2) is 4.99 Å². The molecule has 1 aromatic heterocycles. The van der Waals surface area contributed by atoms with Crippen molar-refractivity contribution in [3.8, 4) is 5.75 Å². The van der Waals surface area contributed by atoms with Crippen molar-refractivity contribution in [3.05, 3.63) is 90.3 Å². The zero-order valence-corrected chi connectivity index (χ0v) is 12.3. The van der Waals surface area contributed by atoms with Crippen molar-refractivity contribution < 1.29 is 4.74 Å². The van der Waals surface area contributed by atoms with Gasteiger partial charge in [-0.3, -0.25) is 4.98 Å². The quantitative estimate of drug-likeness (QED) is 0.672. The third-order valence-electron chi connectivity index (χ3n) is 3.31. The van der Waals surface area contributed by atoms with Crippen molar-refractivity contribution >= 4 is 11.4 Å². The number of ether oxygens (including phenoxy) is 1. The fraction of sp³-hybridized carbons (Fsp3) is 0.0526. The average molecular weight is 288 g/mol. The molecule has 0 aliphatic heterocycles. The van der Waals surface area contributed by atoms with E-state index in [4.69, 9.17) is 9.73 Å². The van der Waals surface area contributed by atoms with Gasteiger partial charge < -0.3 is 4.74 Å². The number of benzene rings is 2. The Hall–Kier alpha value is -2.94. The van der Waals surface area contributed by atoms with Gasteiger partial charge in [0, 0.05) is 23.4 Å². The predicted molar refractivity (Wildman–Crippen MR) is 89.0 cm³/mol. The van der Waals surface area contributed by atoms with Crippen LogP contribution in [0.3, 0.4) is 0 Å². The molecule has 0 radical (unpaired) electrons. The van der Waals surface area contributed by atoms with E-state index in [1.165, 1.54) is 0 Å². The molecule has 0 saturated carbocycles. The van der Waals surface area contributed by atoms with Crippen LogP contribution in [-0.4, -0.2) is 17.8 Å². The van der Waals surface area contributed by atoms with Crippen LogP contribution in [-0.2, 0) is 0 Å². The number of nitrogens with zero attached hydrogens (tertiary/aromatic N) is 2. The molecular weight excluding hydrogens is 272 g/mol. The lowest BCUT2D eigenvalue weighted by atomic mass is 10.0. The summed E-state index contributed by atoms with van der Waals surface area (Å²) in [6.07, 6.45) is 3.41. The van der Waals surface area contributed by atoms with Gasteiger partial charge in [-0.15, -0.1) is 0 Å². The molecular formula is C19H16N2O. The first-order valence-corrected chi connectivity index (χ1v) is 7.06. The molecule has 3 heteroatoms. The Morgan fingerprint density at radius 2 is 1.45 bits per heavy atom. The molecule has 0 fully saturated rings. The third-order valence-corrected chi connectivity index (χ3v) is 3.31. The number of methoxy groups -OCH3 is 1. The van der Waals surface area contributed by atoms with Crippen LogP contribution in [0.4, 0.5) is 5.69 Å². The van der Waals surface area contributed by atoms with Gasteiger partial charge in [0.15, 0.2) is 0 Å². The summed E-state index contributed by atoms with van der Waals surface area (Å²) in [5, 5.41) is 0. The summed E-state index contributed by atoms with van der Waals surface area (Å²) in [6.45, 7) is 0. The van der Waals surface area contributed by atoms with Gasteiger partial charge in [-0.2, -0.15) is 0 Å². The highest BCUT2D eigenvalue weighted by atomic mass is 16.5. The Balaban J connectivity index is 2.16. The molecule has 0 amide bonds. The van der Waals surface area contributed by atoms with Crippen molar-refractivity contribution in [3.63, 3.8) is 0 Å². The van der Waals surface area contributed by atoms with Crippen LogP contribution in [0.2, 0.25) is 0 Å². The van der Waals surface area contributed by atoms with Crippen LogP contribution < -0.4 is 4.74 Å². The van der Waals surface area contributed by atoms with Gasteiger partial charge >= 0.3 is 0 Å². The zero-order chi connectivity index (χ0) is 15.2. The van der Waals surface area contributed by atoms with Gasteiger partial charge in [-0.1, -0.05) is 60.7 Å². The van der Waals surface area contributed by atoms with Gasteiger partial charge in [0.25, 0.3) is 0 Å². The molecule has 1 heterocycles. The number of hydrogen-bond acceptors (Lipinski definition) is 3. The van der Waals surface area contributed by atoms with Crippen LogP contribution in [0.1, 0.15) is 11.1 Å². The lowest BCUT2D eigenvalue weighted by molar-refractivity contribution is 0.415. The van der Waals surface area contributed by atoms with Crippen molar-refractivity contribution in [2.45, 2.75) is 0 Å². The first kappa shape index (κ1) is 14.0.